The van der Waals surface area contributed by atoms with Crippen LogP contribution in [0.15, 0.2) is 66.2 Å². The first-order valence-electron chi connectivity index (χ1n) is 9.18. The third-order valence-corrected chi connectivity index (χ3v) is 5.79. The van der Waals surface area contributed by atoms with Gasteiger partial charge in [0.1, 0.15) is 0 Å². The summed E-state index contributed by atoms with van der Waals surface area (Å²) in [6, 6.07) is 15.7. The molecule has 4 rings (SSSR count). The summed E-state index contributed by atoms with van der Waals surface area (Å²) in [4.78, 5) is 13.8. The number of benzene rings is 2. The van der Waals surface area contributed by atoms with Gasteiger partial charge in [-0.05, 0) is 59.5 Å². The topological polar surface area (TPSA) is 40.5 Å². The number of hydrogen-bond donors (Lipinski definition) is 0. The second kappa shape index (κ2) is 7.97. The van der Waals surface area contributed by atoms with Gasteiger partial charge in [-0.25, -0.2) is 0 Å². The maximum absolute atomic E-state index is 12.7. The fraction of sp³-hybridized carbons (Fsp3) is 0.125. The van der Waals surface area contributed by atoms with Crippen LogP contribution in [0.3, 0.4) is 0 Å². The molecule has 0 aliphatic carbocycles. The smallest absolute Gasteiger partial charge is 0.185 e. The first kappa shape index (κ1) is 19.0. The SMILES string of the molecule is COc1cc(/C=C/C(=O)c2ccc3c(ccn3C)c2)cc(-c2cccs2)c1OC. The zero-order valence-corrected chi connectivity index (χ0v) is 17.3. The normalized spacial score (nSPS) is 11.3. The molecule has 146 valence electrons. The molecule has 0 saturated carbocycles. The number of methoxy groups -OCH3 is 2. The summed E-state index contributed by atoms with van der Waals surface area (Å²) in [5.41, 5.74) is 3.59. The minimum absolute atomic E-state index is 0.0387. The first-order valence-corrected chi connectivity index (χ1v) is 10.1. The van der Waals surface area contributed by atoms with Gasteiger partial charge in [-0.15, -0.1) is 11.3 Å². The second-order valence-electron chi connectivity index (χ2n) is 6.68. The van der Waals surface area contributed by atoms with Gasteiger partial charge in [-0.2, -0.15) is 0 Å². The average Bonchev–Trinajstić information content (AvgIpc) is 3.41. The van der Waals surface area contributed by atoms with E-state index in [2.05, 4.69) is 0 Å². The molecular weight excluding hydrogens is 382 g/mol. The highest BCUT2D eigenvalue weighted by Crippen LogP contribution is 2.41. The summed E-state index contributed by atoms with van der Waals surface area (Å²) in [5.74, 6) is 1.28. The Kier molecular flexibility index (Phi) is 5.23. The minimum Gasteiger partial charge on any atom is -0.493 e. The van der Waals surface area contributed by atoms with Crippen molar-refractivity contribution in [1.82, 2.24) is 4.57 Å². The molecule has 29 heavy (non-hydrogen) atoms. The van der Waals surface area contributed by atoms with Gasteiger partial charge in [0.05, 0.1) is 14.2 Å². The van der Waals surface area contributed by atoms with Crippen molar-refractivity contribution < 1.29 is 14.3 Å². The highest BCUT2D eigenvalue weighted by atomic mass is 32.1. The highest BCUT2D eigenvalue weighted by molar-refractivity contribution is 7.13. The van der Waals surface area contributed by atoms with Crippen LogP contribution in [0.4, 0.5) is 0 Å². The highest BCUT2D eigenvalue weighted by Gasteiger charge is 2.14. The number of ketones is 1. The zero-order valence-electron chi connectivity index (χ0n) is 16.5. The van der Waals surface area contributed by atoms with Crippen LogP contribution in [0, 0.1) is 0 Å². The quantitative estimate of drug-likeness (QED) is 0.301. The molecule has 0 amide bonds. The Labute approximate surface area is 173 Å². The maximum atomic E-state index is 12.7. The maximum Gasteiger partial charge on any atom is 0.185 e. The van der Waals surface area contributed by atoms with E-state index in [-0.39, 0.29) is 5.78 Å². The van der Waals surface area contributed by atoms with Gasteiger partial charge in [-0.1, -0.05) is 12.1 Å². The summed E-state index contributed by atoms with van der Waals surface area (Å²) >= 11 is 1.63. The van der Waals surface area contributed by atoms with E-state index in [9.17, 15) is 4.79 Å². The van der Waals surface area contributed by atoms with E-state index >= 15 is 0 Å². The van der Waals surface area contributed by atoms with Crippen molar-refractivity contribution in [2.75, 3.05) is 14.2 Å². The summed E-state index contributed by atoms with van der Waals surface area (Å²) in [6.07, 6.45) is 5.41. The number of allylic oxidation sites excluding steroid dienone is 1. The van der Waals surface area contributed by atoms with Gasteiger partial charge >= 0.3 is 0 Å². The first-order chi connectivity index (χ1) is 14.1. The van der Waals surface area contributed by atoms with Crippen molar-refractivity contribution in [3.8, 4) is 21.9 Å². The van der Waals surface area contributed by atoms with E-state index in [0.29, 0.717) is 17.1 Å². The van der Waals surface area contributed by atoms with E-state index in [0.717, 1.165) is 26.9 Å². The Morgan fingerprint density at radius 3 is 2.66 bits per heavy atom. The van der Waals surface area contributed by atoms with Crippen LogP contribution < -0.4 is 9.47 Å². The van der Waals surface area contributed by atoms with Crippen molar-refractivity contribution in [3.63, 3.8) is 0 Å². The molecule has 0 spiro atoms. The van der Waals surface area contributed by atoms with Crippen molar-refractivity contribution >= 4 is 34.1 Å². The molecule has 0 N–H and O–H groups in total. The lowest BCUT2D eigenvalue weighted by atomic mass is 10.0. The number of carbonyl (C=O) groups is 1. The molecule has 0 aliphatic rings. The summed E-state index contributed by atoms with van der Waals surface area (Å²) in [5, 5.41) is 3.07. The van der Waals surface area contributed by atoms with E-state index in [1.54, 1.807) is 31.6 Å². The summed E-state index contributed by atoms with van der Waals surface area (Å²) in [6.45, 7) is 0. The molecule has 0 aliphatic heterocycles. The lowest BCUT2D eigenvalue weighted by Gasteiger charge is -2.13. The van der Waals surface area contributed by atoms with E-state index in [4.69, 9.17) is 9.47 Å². The van der Waals surface area contributed by atoms with Crippen LogP contribution in [-0.4, -0.2) is 24.6 Å². The van der Waals surface area contributed by atoms with Gasteiger partial charge in [0.15, 0.2) is 17.3 Å². The van der Waals surface area contributed by atoms with E-state index < -0.39 is 0 Å². The van der Waals surface area contributed by atoms with Crippen molar-refractivity contribution in [1.29, 1.82) is 0 Å². The Balaban J connectivity index is 1.68. The van der Waals surface area contributed by atoms with Crippen LogP contribution >= 0.6 is 11.3 Å². The lowest BCUT2D eigenvalue weighted by Crippen LogP contribution is -1.96. The van der Waals surface area contributed by atoms with E-state index in [1.807, 2.05) is 77.8 Å². The Bertz CT molecular complexity index is 1200. The van der Waals surface area contributed by atoms with Crippen LogP contribution in [0.5, 0.6) is 11.5 Å². The molecule has 0 saturated heterocycles. The second-order valence-corrected chi connectivity index (χ2v) is 7.63. The molecule has 2 aromatic heterocycles. The fourth-order valence-corrected chi connectivity index (χ4v) is 4.14. The third kappa shape index (κ3) is 3.69. The number of aryl methyl sites for hydroxylation is 1. The Morgan fingerprint density at radius 1 is 1.07 bits per heavy atom. The molecule has 2 aromatic carbocycles. The monoisotopic (exact) mass is 403 g/mol. The van der Waals surface area contributed by atoms with Crippen LogP contribution in [0.1, 0.15) is 15.9 Å². The number of nitrogens with zero attached hydrogens (tertiary/aromatic N) is 1. The standard InChI is InChI=1S/C24H21NO3S/c1-25-11-10-17-15-18(7-8-20(17)25)21(26)9-6-16-13-19(23-5-4-12-29-23)24(28-3)22(14-16)27-2/h4-15H,1-3H3/b9-6+. The molecule has 0 bridgehead atoms. The molecule has 5 heteroatoms. The number of rotatable bonds is 6. The van der Waals surface area contributed by atoms with Crippen LogP contribution in [0.2, 0.25) is 0 Å². The fourth-order valence-electron chi connectivity index (χ4n) is 3.40. The molecule has 0 atom stereocenters. The number of hydrogen-bond acceptors (Lipinski definition) is 4. The number of carbonyl (C=O) groups excluding carboxylic acids is 1. The van der Waals surface area contributed by atoms with Gasteiger partial charge < -0.3 is 14.0 Å². The van der Waals surface area contributed by atoms with Crippen molar-refractivity contribution in [2.24, 2.45) is 7.05 Å². The minimum atomic E-state index is -0.0387. The molecule has 4 nitrogen and oxygen atoms in total. The zero-order chi connectivity index (χ0) is 20.4. The number of thiophene rings is 1. The third-order valence-electron chi connectivity index (χ3n) is 4.88. The number of aromatic nitrogens is 1. The van der Waals surface area contributed by atoms with Crippen molar-refractivity contribution in [2.45, 2.75) is 0 Å². The molecular formula is C24H21NO3S. The van der Waals surface area contributed by atoms with Gasteiger partial charge in [-0.3, -0.25) is 4.79 Å². The molecule has 4 aromatic rings. The predicted molar refractivity (Wildman–Crippen MR) is 119 cm³/mol. The molecule has 0 fully saturated rings. The molecule has 0 radical (unpaired) electrons. The Hall–Kier alpha value is -3.31. The summed E-state index contributed by atoms with van der Waals surface area (Å²) < 4.78 is 13.1. The van der Waals surface area contributed by atoms with Crippen molar-refractivity contribution in [3.05, 3.63) is 77.3 Å². The Morgan fingerprint density at radius 2 is 1.93 bits per heavy atom. The summed E-state index contributed by atoms with van der Waals surface area (Å²) in [7, 11) is 5.24. The van der Waals surface area contributed by atoms with E-state index in [1.165, 1.54) is 0 Å². The lowest BCUT2D eigenvalue weighted by molar-refractivity contribution is 0.104. The average molecular weight is 404 g/mol. The van der Waals surface area contributed by atoms with Gasteiger partial charge in [0.2, 0.25) is 0 Å². The van der Waals surface area contributed by atoms with Crippen LogP contribution in [-0.2, 0) is 7.05 Å². The largest absolute Gasteiger partial charge is 0.493 e. The number of fused-ring (bicyclic) bond motifs is 1. The number of ether oxygens (including phenoxy) is 2. The van der Waals surface area contributed by atoms with Gasteiger partial charge in [0.25, 0.3) is 0 Å². The van der Waals surface area contributed by atoms with Crippen LogP contribution in [0.25, 0.3) is 27.4 Å². The van der Waals surface area contributed by atoms with Gasteiger partial charge in [0, 0.05) is 40.2 Å². The molecule has 0 unspecified atom stereocenters. The molecule has 2 heterocycles. The predicted octanol–water partition coefficient (Wildman–Crippen LogP) is 5.82.